The molecule has 0 aromatic heterocycles. The van der Waals surface area contributed by atoms with E-state index in [4.69, 9.17) is 0 Å². The fraction of sp³-hybridized carbons (Fsp3) is 0.571. The fourth-order valence-electron chi connectivity index (χ4n) is 2.72. The molecule has 0 heterocycles. The third kappa shape index (κ3) is 1.89. The van der Waals surface area contributed by atoms with Crippen molar-refractivity contribution in [2.75, 3.05) is 0 Å². The average molecular weight is 220 g/mol. The minimum absolute atomic E-state index is 0.233. The van der Waals surface area contributed by atoms with Crippen LogP contribution in [0.15, 0.2) is 6.07 Å². The molecular formula is C14H20O2. The molecule has 1 fully saturated rings. The summed E-state index contributed by atoms with van der Waals surface area (Å²) in [6, 6.07) is 1.95. The highest BCUT2D eigenvalue weighted by atomic mass is 16.3. The molecule has 0 aliphatic heterocycles. The van der Waals surface area contributed by atoms with Crippen LogP contribution in [0.4, 0.5) is 0 Å². The molecule has 1 aromatic carbocycles. The Balaban J connectivity index is 2.40. The van der Waals surface area contributed by atoms with Gasteiger partial charge in [-0.1, -0.05) is 19.3 Å². The van der Waals surface area contributed by atoms with Gasteiger partial charge in [0, 0.05) is 5.56 Å². The monoisotopic (exact) mass is 220 g/mol. The van der Waals surface area contributed by atoms with Crippen molar-refractivity contribution in [1.29, 1.82) is 0 Å². The van der Waals surface area contributed by atoms with Crippen LogP contribution in [-0.4, -0.2) is 10.2 Å². The van der Waals surface area contributed by atoms with Gasteiger partial charge in [-0.15, -0.1) is 0 Å². The number of phenols is 2. The third-order valence-corrected chi connectivity index (χ3v) is 3.77. The molecule has 0 unspecified atom stereocenters. The zero-order valence-corrected chi connectivity index (χ0v) is 10.1. The molecule has 0 amide bonds. The second-order valence-corrected chi connectivity index (χ2v) is 4.94. The summed E-state index contributed by atoms with van der Waals surface area (Å²) in [5, 5.41) is 19.8. The van der Waals surface area contributed by atoms with Gasteiger partial charge < -0.3 is 10.2 Å². The maximum Gasteiger partial charge on any atom is 0.125 e. The van der Waals surface area contributed by atoms with Gasteiger partial charge in [-0.25, -0.2) is 0 Å². The zero-order chi connectivity index (χ0) is 11.7. The Morgan fingerprint density at radius 3 is 2.25 bits per heavy atom. The first-order chi connectivity index (χ1) is 7.61. The molecule has 2 N–H and O–H groups in total. The standard InChI is InChI=1S/C14H20O2/c1-9-8-12(11-6-4-3-5-7-11)14(16)10(2)13(9)15/h8,11,15-16H,3-7H2,1-2H3. The lowest BCUT2D eigenvalue weighted by Crippen LogP contribution is -2.05. The number of benzene rings is 1. The largest absolute Gasteiger partial charge is 0.507 e. The van der Waals surface area contributed by atoms with Crippen molar-refractivity contribution in [1.82, 2.24) is 0 Å². The van der Waals surface area contributed by atoms with Crippen LogP contribution in [0.25, 0.3) is 0 Å². The molecule has 2 nitrogen and oxygen atoms in total. The summed E-state index contributed by atoms with van der Waals surface area (Å²) < 4.78 is 0. The topological polar surface area (TPSA) is 40.5 Å². The number of rotatable bonds is 1. The first-order valence-electron chi connectivity index (χ1n) is 6.13. The van der Waals surface area contributed by atoms with Gasteiger partial charge in [-0.3, -0.25) is 0 Å². The Kier molecular flexibility index (Phi) is 3.08. The maximum atomic E-state index is 10.1. The van der Waals surface area contributed by atoms with Crippen molar-refractivity contribution in [2.45, 2.75) is 51.9 Å². The number of aromatic hydroxyl groups is 2. The summed E-state index contributed by atoms with van der Waals surface area (Å²) in [5.74, 6) is 1.01. The maximum absolute atomic E-state index is 10.1. The van der Waals surface area contributed by atoms with Crippen LogP contribution in [0, 0.1) is 13.8 Å². The van der Waals surface area contributed by atoms with E-state index in [2.05, 4.69) is 0 Å². The van der Waals surface area contributed by atoms with Gasteiger partial charge in [0.05, 0.1) is 0 Å². The Labute approximate surface area is 96.9 Å². The molecule has 0 radical (unpaired) electrons. The Morgan fingerprint density at radius 1 is 1.00 bits per heavy atom. The molecule has 0 atom stereocenters. The van der Waals surface area contributed by atoms with Crippen molar-refractivity contribution in [3.63, 3.8) is 0 Å². The van der Waals surface area contributed by atoms with E-state index in [1.54, 1.807) is 6.92 Å². The van der Waals surface area contributed by atoms with Gasteiger partial charge in [-0.05, 0) is 49.8 Å². The van der Waals surface area contributed by atoms with Crippen LogP contribution in [0.3, 0.4) is 0 Å². The van der Waals surface area contributed by atoms with Crippen molar-refractivity contribution in [3.05, 3.63) is 22.8 Å². The lowest BCUT2D eigenvalue weighted by Gasteiger charge is -2.24. The van der Waals surface area contributed by atoms with E-state index in [-0.39, 0.29) is 5.75 Å². The molecule has 1 saturated carbocycles. The summed E-state index contributed by atoms with van der Waals surface area (Å²) >= 11 is 0. The minimum atomic E-state index is 0.233. The second-order valence-electron chi connectivity index (χ2n) is 4.94. The van der Waals surface area contributed by atoms with Crippen molar-refractivity contribution in [2.24, 2.45) is 0 Å². The quantitative estimate of drug-likeness (QED) is 0.756. The number of hydrogen-bond acceptors (Lipinski definition) is 2. The molecule has 0 spiro atoms. The predicted molar refractivity (Wildman–Crippen MR) is 65.1 cm³/mol. The number of phenolic OH excluding ortho intramolecular Hbond substituents is 2. The molecule has 16 heavy (non-hydrogen) atoms. The van der Waals surface area contributed by atoms with Crippen LogP contribution >= 0.6 is 0 Å². The zero-order valence-electron chi connectivity index (χ0n) is 10.1. The van der Waals surface area contributed by atoms with Crippen LogP contribution in [-0.2, 0) is 0 Å². The van der Waals surface area contributed by atoms with E-state index in [0.717, 1.165) is 24.0 Å². The highest BCUT2D eigenvalue weighted by Gasteiger charge is 2.21. The summed E-state index contributed by atoms with van der Waals surface area (Å²) in [5.41, 5.74) is 2.53. The predicted octanol–water partition coefficient (Wildman–Crippen LogP) is 3.76. The highest BCUT2D eigenvalue weighted by molar-refractivity contribution is 5.53. The van der Waals surface area contributed by atoms with Crippen LogP contribution in [0.5, 0.6) is 11.5 Å². The van der Waals surface area contributed by atoms with Gasteiger partial charge in [0.2, 0.25) is 0 Å². The number of hydrogen-bond donors (Lipinski definition) is 2. The lowest BCUT2D eigenvalue weighted by molar-refractivity contribution is 0.404. The van der Waals surface area contributed by atoms with Gasteiger partial charge in [-0.2, -0.15) is 0 Å². The molecule has 0 bridgehead atoms. The van der Waals surface area contributed by atoms with Crippen LogP contribution in [0.2, 0.25) is 0 Å². The molecule has 1 aliphatic rings. The van der Waals surface area contributed by atoms with Crippen LogP contribution in [0.1, 0.15) is 54.7 Å². The van der Waals surface area contributed by atoms with E-state index in [1.807, 2.05) is 13.0 Å². The summed E-state index contributed by atoms with van der Waals surface area (Å²) in [6.07, 6.45) is 6.15. The number of aryl methyl sites for hydroxylation is 1. The smallest absolute Gasteiger partial charge is 0.125 e. The van der Waals surface area contributed by atoms with E-state index in [9.17, 15) is 10.2 Å². The van der Waals surface area contributed by atoms with Gasteiger partial charge in [0.25, 0.3) is 0 Å². The van der Waals surface area contributed by atoms with Gasteiger partial charge in [0.15, 0.2) is 0 Å². The molecular weight excluding hydrogens is 200 g/mol. The Bertz CT molecular complexity index is 390. The second kappa shape index (κ2) is 4.36. The molecule has 1 aliphatic carbocycles. The van der Waals surface area contributed by atoms with Crippen molar-refractivity contribution >= 4 is 0 Å². The fourth-order valence-corrected chi connectivity index (χ4v) is 2.72. The average Bonchev–Trinajstić information content (AvgIpc) is 2.32. The Hall–Kier alpha value is -1.18. The molecule has 1 aromatic rings. The van der Waals surface area contributed by atoms with E-state index < -0.39 is 0 Å². The first kappa shape index (κ1) is 11.3. The van der Waals surface area contributed by atoms with E-state index >= 15 is 0 Å². The molecule has 88 valence electrons. The summed E-state index contributed by atoms with van der Waals surface area (Å²) in [4.78, 5) is 0. The molecule has 0 saturated heterocycles. The SMILES string of the molecule is Cc1cc(C2CCCCC2)c(O)c(C)c1O. The molecule has 2 rings (SSSR count). The third-order valence-electron chi connectivity index (χ3n) is 3.77. The van der Waals surface area contributed by atoms with Gasteiger partial charge >= 0.3 is 0 Å². The summed E-state index contributed by atoms with van der Waals surface area (Å²) in [6.45, 7) is 3.68. The van der Waals surface area contributed by atoms with Gasteiger partial charge in [0.1, 0.15) is 11.5 Å². The van der Waals surface area contributed by atoms with E-state index in [0.29, 0.717) is 17.2 Å². The highest BCUT2D eigenvalue weighted by Crippen LogP contribution is 2.42. The van der Waals surface area contributed by atoms with E-state index in [1.165, 1.54) is 19.3 Å². The lowest BCUT2D eigenvalue weighted by atomic mass is 9.82. The summed E-state index contributed by atoms with van der Waals surface area (Å²) in [7, 11) is 0. The Morgan fingerprint density at radius 2 is 1.62 bits per heavy atom. The van der Waals surface area contributed by atoms with Crippen molar-refractivity contribution in [3.8, 4) is 11.5 Å². The van der Waals surface area contributed by atoms with Crippen molar-refractivity contribution < 1.29 is 10.2 Å². The van der Waals surface area contributed by atoms with Crippen LogP contribution < -0.4 is 0 Å². The normalized spacial score (nSPS) is 17.6. The minimum Gasteiger partial charge on any atom is -0.507 e. The first-order valence-corrected chi connectivity index (χ1v) is 6.13. The molecule has 2 heteroatoms.